The van der Waals surface area contributed by atoms with E-state index in [1.54, 1.807) is 25.1 Å². The maximum atomic E-state index is 14.1. The molecular formula is C19H22FN3O3. The summed E-state index contributed by atoms with van der Waals surface area (Å²) < 4.78 is 20.8. The quantitative estimate of drug-likeness (QED) is 0.909. The van der Waals surface area contributed by atoms with Crippen molar-refractivity contribution in [1.29, 1.82) is 0 Å². The van der Waals surface area contributed by atoms with E-state index >= 15 is 0 Å². The van der Waals surface area contributed by atoms with Gasteiger partial charge in [-0.25, -0.2) is 9.07 Å². The number of benzene rings is 1. The van der Waals surface area contributed by atoms with E-state index < -0.39 is 17.2 Å². The standard InChI is InChI=1S/C19H22FN3O3/c1-12-9-17(24)18(22-23(12)16-6-4-3-5-15(16)20)19(25)21-11-14-7-8-26-13(2)10-14/h3-6,9,13-14H,7-8,10-11H2,1-2H3,(H,21,25)/t13-,14-/m1/s1. The smallest absolute Gasteiger partial charge is 0.275 e. The van der Waals surface area contributed by atoms with Gasteiger partial charge >= 0.3 is 0 Å². The van der Waals surface area contributed by atoms with Gasteiger partial charge in [-0.15, -0.1) is 0 Å². The van der Waals surface area contributed by atoms with Crippen molar-refractivity contribution < 1.29 is 13.9 Å². The zero-order chi connectivity index (χ0) is 18.7. The lowest BCUT2D eigenvalue weighted by molar-refractivity contribution is 0.00300. The molecule has 7 heteroatoms. The molecule has 1 amide bonds. The number of ether oxygens (including phenoxy) is 1. The number of halogens is 1. The van der Waals surface area contributed by atoms with Crippen LogP contribution in [0.1, 0.15) is 35.9 Å². The topological polar surface area (TPSA) is 73.2 Å². The number of hydrogen-bond donors (Lipinski definition) is 1. The molecule has 138 valence electrons. The molecular weight excluding hydrogens is 337 g/mol. The second-order valence-corrected chi connectivity index (χ2v) is 6.64. The van der Waals surface area contributed by atoms with Gasteiger partial charge in [0.2, 0.25) is 5.43 Å². The zero-order valence-electron chi connectivity index (χ0n) is 14.9. The highest BCUT2D eigenvalue weighted by molar-refractivity contribution is 5.92. The Kier molecular flexibility index (Phi) is 5.46. The first-order valence-electron chi connectivity index (χ1n) is 8.71. The molecule has 0 aliphatic carbocycles. The van der Waals surface area contributed by atoms with Crippen LogP contribution in [-0.4, -0.2) is 34.9 Å². The maximum Gasteiger partial charge on any atom is 0.275 e. The lowest BCUT2D eigenvalue weighted by atomic mass is 9.96. The Balaban J connectivity index is 1.81. The minimum Gasteiger partial charge on any atom is -0.378 e. The molecule has 0 saturated carbocycles. The highest BCUT2D eigenvalue weighted by Crippen LogP contribution is 2.19. The van der Waals surface area contributed by atoms with Gasteiger partial charge in [0.05, 0.1) is 6.10 Å². The van der Waals surface area contributed by atoms with E-state index in [4.69, 9.17) is 4.74 Å². The average molecular weight is 359 g/mol. The molecule has 3 rings (SSSR count). The van der Waals surface area contributed by atoms with Crippen LogP contribution in [-0.2, 0) is 4.74 Å². The van der Waals surface area contributed by atoms with Crippen LogP contribution in [0.15, 0.2) is 35.1 Å². The van der Waals surface area contributed by atoms with E-state index in [9.17, 15) is 14.0 Å². The first-order valence-corrected chi connectivity index (χ1v) is 8.71. The number of aryl methyl sites for hydroxylation is 1. The van der Waals surface area contributed by atoms with Crippen LogP contribution in [0.4, 0.5) is 4.39 Å². The molecule has 1 aromatic carbocycles. The molecule has 0 spiro atoms. The molecule has 2 atom stereocenters. The lowest BCUT2D eigenvalue weighted by Gasteiger charge is -2.27. The fraction of sp³-hybridized carbons (Fsp3) is 0.421. The summed E-state index contributed by atoms with van der Waals surface area (Å²) in [5.41, 5.74) is -0.0703. The molecule has 6 nitrogen and oxygen atoms in total. The molecule has 1 saturated heterocycles. The van der Waals surface area contributed by atoms with Crippen molar-refractivity contribution >= 4 is 5.91 Å². The molecule has 0 unspecified atom stereocenters. The van der Waals surface area contributed by atoms with Gasteiger partial charge in [-0.05, 0) is 44.7 Å². The maximum absolute atomic E-state index is 14.1. The Morgan fingerprint density at radius 1 is 1.42 bits per heavy atom. The number of aromatic nitrogens is 2. The molecule has 26 heavy (non-hydrogen) atoms. The second kappa shape index (κ2) is 7.78. The van der Waals surface area contributed by atoms with Crippen LogP contribution in [0.2, 0.25) is 0 Å². The summed E-state index contributed by atoms with van der Waals surface area (Å²) in [6.07, 6.45) is 1.90. The average Bonchev–Trinajstić information content (AvgIpc) is 2.61. The summed E-state index contributed by atoms with van der Waals surface area (Å²) in [7, 11) is 0. The third-order valence-electron chi connectivity index (χ3n) is 4.55. The largest absolute Gasteiger partial charge is 0.378 e. The number of carbonyl (C=O) groups excluding carboxylic acids is 1. The van der Waals surface area contributed by atoms with Crippen LogP contribution in [0.5, 0.6) is 0 Å². The normalized spacial score (nSPS) is 20.0. The lowest BCUT2D eigenvalue weighted by Crippen LogP contribution is -2.37. The molecule has 2 heterocycles. The predicted octanol–water partition coefficient (Wildman–Crippen LogP) is 2.22. The summed E-state index contributed by atoms with van der Waals surface area (Å²) in [6.45, 7) is 4.78. The highest BCUT2D eigenvalue weighted by Gasteiger charge is 2.22. The minimum atomic E-state index is -0.542. The number of hydrogen-bond acceptors (Lipinski definition) is 4. The van der Waals surface area contributed by atoms with Crippen molar-refractivity contribution in [2.75, 3.05) is 13.2 Å². The van der Waals surface area contributed by atoms with Crippen LogP contribution < -0.4 is 10.7 Å². The number of rotatable bonds is 4. The number of nitrogens with one attached hydrogen (secondary N) is 1. The van der Waals surface area contributed by atoms with Gasteiger partial charge in [-0.3, -0.25) is 9.59 Å². The van der Waals surface area contributed by atoms with Crippen molar-refractivity contribution in [3.63, 3.8) is 0 Å². The molecule has 0 radical (unpaired) electrons. The molecule has 2 aromatic rings. The molecule has 1 aromatic heterocycles. The molecule has 1 N–H and O–H groups in total. The van der Waals surface area contributed by atoms with E-state index in [2.05, 4.69) is 10.4 Å². The first-order chi connectivity index (χ1) is 12.5. The van der Waals surface area contributed by atoms with Crippen LogP contribution >= 0.6 is 0 Å². The van der Waals surface area contributed by atoms with Gasteiger partial charge in [0.1, 0.15) is 11.5 Å². The fourth-order valence-electron chi connectivity index (χ4n) is 3.17. The molecule has 1 aliphatic rings. The predicted molar refractivity (Wildman–Crippen MR) is 95.0 cm³/mol. The van der Waals surface area contributed by atoms with E-state index in [-0.39, 0.29) is 17.5 Å². The van der Waals surface area contributed by atoms with Gasteiger partial charge in [-0.2, -0.15) is 5.10 Å². The van der Waals surface area contributed by atoms with E-state index in [0.29, 0.717) is 24.8 Å². The van der Waals surface area contributed by atoms with Gasteiger partial charge in [-0.1, -0.05) is 12.1 Å². The third-order valence-corrected chi connectivity index (χ3v) is 4.55. The summed E-state index contributed by atoms with van der Waals surface area (Å²) in [6, 6.07) is 7.39. The van der Waals surface area contributed by atoms with Crippen LogP contribution in [0, 0.1) is 18.7 Å². The summed E-state index contributed by atoms with van der Waals surface area (Å²) in [5, 5.41) is 6.89. The Hall–Kier alpha value is -2.54. The fourth-order valence-corrected chi connectivity index (χ4v) is 3.17. The monoisotopic (exact) mass is 359 g/mol. The van der Waals surface area contributed by atoms with Crippen molar-refractivity contribution in [3.8, 4) is 5.69 Å². The van der Waals surface area contributed by atoms with Crippen LogP contribution in [0.3, 0.4) is 0 Å². The van der Waals surface area contributed by atoms with Crippen molar-refractivity contribution in [2.24, 2.45) is 5.92 Å². The van der Waals surface area contributed by atoms with E-state index in [1.165, 1.54) is 16.8 Å². The Labute approximate surface area is 151 Å². The zero-order valence-corrected chi connectivity index (χ0v) is 14.9. The first kappa shape index (κ1) is 18.3. The summed E-state index contributed by atoms with van der Waals surface area (Å²) in [4.78, 5) is 24.7. The Morgan fingerprint density at radius 2 is 2.19 bits per heavy atom. The number of nitrogens with zero attached hydrogens (tertiary/aromatic N) is 2. The minimum absolute atomic E-state index is 0.168. The highest BCUT2D eigenvalue weighted by atomic mass is 19.1. The van der Waals surface area contributed by atoms with Gasteiger partial charge in [0.15, 0.2) is 5.69 Å². The van der Waals surface area contributed by atoms with Gasteiger partial charge in [0.25, 0.3) is 5.91 Å². The SMILES string of the molecule is Cc1cc(=O)c(C(=O)NC[C@@H]2CCO[C@H](C)C2)nn1-c1ccccc1F. The molecule has 0 bridgehead atoms. The van der Waals surface area contributed by atoms with Crippen LogP contribution in [0.25, 0.3) is 5.69 Å². The van der Waals surface area contributed by atoms with Gasteiger partial charge in [0, 0.05) is 24.9 Å². The Morgan fingerprint density at radius 3 is 2.92 bits per heavy atom. The molecule has 1 fully saturated rings. The van der Waals surface area contributed by atoms with Crippen molar-refractivity contribution in [3.05, 3.63) is 57.8 Å². The van der Waals surface area contributed by atoms with Crippen molar-refractivity contribution in [2.45, 2.75) is 32.8 Å². The van der Waals surface area contributed by atoms with Gasteiger partial charge < -0.3 is 10.1 Å². The van der Waals surface area contributed by atoms with Crippen molar-refractivity contribution in [1.82, 2.24) is 15.1 Å². The number of para-hydroxylation sites is 1. The van der Waals surface area contributed by atoms with E-state index in [1.807, 2.05) is 6.92 Å². The summed E-state index contributed by atoms with van der Waals surface area (Å²) in [5.74, 6) is -0.713. The van der Waals surface area contributed by atoms with E-state index in [0.717, 1.165) is 12.8 Å². The molecule has 1 aliphatic heterocycles. The second-order valence-electron chi connectivity index (χ2n) is 6.64. The summed E-state index contributed by atoms with van der Waals surface area (Å²) >= 11 is 0. The number of carbonyl (C=O) groups is 1. The number of amides is 1. The Bertz CT molecular complexity index is 865. The third kappa shape index (κ3) is 3.99.